The molecule has 0 radical (unpaired) electrons. The molecule has 0 fully saturated rings. The molecule has 2 amide bonds. The number of hydrogen-bond acceptors (Lipinski definition) is 5. The highest BCUT2D eigenvalue weighted by molar-refractivity contribution is 7.13. The lowest BCUT2D eigenvalue weighted by atomic mass is 10.3. The Hall–Kier alpha value is -1.67. The lowest BCUT2D eigenvalue weighted by Crippen LogP contribution is -2.19. The third-order valence-corrected chi connectivity index (χ3v) is 2.84. The van der Waals surface area contributed by atoms with E-state index in [-0.39, 0.29) is 25.0 Å². The lowest BCUT2D eigenvalue weighted by molar-refractivity contribution is 0.122. The highest BCUT2D eigenvalue weighted by atomic mass is 35.5. The van der Waals surface area contributed by atoms with E-state index in [1.165, 1.54) is 11.3 Å². The highest BCUT2D eigenvalue weighted by Gasteiger charge is 2.06. The fraction of sp³-hybridized carbons (Fsp3) is 0.0909. The second kappa shape index (κ2) is 7.70. The molecule has 0 saturated carbocycles. The normalized spacial score (nSPS) is 9.53. The van der Waals surface area contributed by atoms with Crippen LogP contribution in [0.5, 0.6) is 0 Å². The summed E-state index contributed by atoms with van der Waals surface area (Å²) < 4.78 is 0. The summed E-state index contributed by atoms with van der Waals surface area (Å²) in [6, 6.07) is 8.83. The molecule has 2 aromatic rings. The molecule has 1 aromatic heterocycles. The number of hydrogen-bond donors (Lipinski definition) is 3. The Labute approximate surface area is 120 Å². The van der Waals surface area contributed by atoms with Gasteiger partial charge in [0.05, 0.1) is 5.69 Å². The van der Waals surface area contributed by atoms with Crippen molar-refractivity contribution in [1.29, 1.82) is 0 Å². The highest BCUT2D eigenvalue weighted by Crippen LogP contribution is 2.16. The van der Waals surface area contributed by atoms with Gasteiger partial charge in [-0.05, 0) is 12.1 Å². The van der Waals surface area contributed by atoms with E-state index in [0.29, 0.717) is 10.8 Å². The van der Waals surface area contributed by atoms with Crippen LogP contribution in [0, 0.1) is 0 Å². The minimum Gasteiger partial charge on any atom is -0.308 e. The van der Waals surface area contributed by atoms with Gasteiger partial charge in [-0.25, -0.2) is 15.7 Å². The van der Waals surface area contributed by atoms with Gasteiger partial charge in [-0.2, -0.15) is 0 Å². The fourth-order valence-corrected chi connectivity index (χ4v) is 1.99. The quantitative estimate of drug-likeness (QED) is 0.757. The van der Waals surface area contributed by atoms with Gasteiger partial charge < -0.3 is 5.32 Å². The summed E-state index contributed by atoms with van der Waals surface area (Å²) in [5, 5.41) is 7.59. The van der Waals surface area contributed by atoms with E-state index >= 15 is 0 Å². The van der Waals surface area contributed by atoms with Crippen molar-refractivity contribution in [2.24, 2.45) is 5.90 Å². The lowest BCUT2D eigenvalue weighted by Gasteiger charge is -2.04. The van der Waals surface area contributed by atoms with Crippen LogP contribution in [0.25, 0.3) is 0 Å². The topological polar surface area (TPSA) is 89.3 Å². The minimum absolute atomic E-state index is 0. The number of thiazole rings is 1. The van der Waals surface area contributed by atoms with E-state index in [2.05, 4.69) is 20.5 Å². The number of carbonyl (C=O) groups excluding carboxylic acids is 1. The van der Waals surface area contributed by atoms with Crippen LogP contribution in [-0.4, -0.2) is 11.0 Å². The van der Waals surface area contributed by atoms with Crippen molar-refractivity contribution >= 4 is 40.6 Å². The van der Waals surface area contributed by atoms with Crippen molar-refractivity contribution < 1.29 is 9.63 Å². The third-order valence-electron chi connectivity index (χ3n) is 2.04. The Morgan fingerprint density at radius 3 is 2.74 bits per heavy atom. The number of carbonyl (C=O) groups is 1. The molecule has 1 heterocycles. The van der Waals surface area contributed by atoms with Crippen molar-refractivity contribution in [1.82, 2.24) is 4.98 Å². The first-order valence-corrected chi connectivity index (χ1v) is 6.05. The van der Waals surface area contributed by atoms with Gasteiger partial charge in [-0.3, -0.25) is 10.2 Å². The summed E-state index contributed by atoms with van der Waals surface area (Å²) in [7, 11) is 0. The molecule has 8 heteroatoms. The number of para-hydroxylation sites is 1. The number of urea groups is 1. The Bertz CT molecular complexity index is 520. The van der Waals surface area contributed by atoms with E-state index in [1.54, 1.807) is 17.5 Å². The average molecular weight is 301 g/mol. The molecular formula is C11H13ClN4O2S. The summed E-state index contributed by atoms with van der Waals surface area (Å²) in [6.45, 7) is 0.221. The van der Waals surface area contributed by atoms with Gasteiger partial charge >= 0.3 is 6.03 Å². The first kappa shape index (κ1) is 15.4. The maximum Gasteiger partial charge on any atom is 0.325 e. The van der Waals surface area contributed by atoms with Gasteiger partial charge in [0, 0.05) is 11.1 Å². The Morgan fingerprint density at radius 1 is 1.32 bits per heavy atom. The van der Waals surface area contributed by atoms with E-state index in [1.807, 2.05) is 18.2 Å². The largest absolute Gasteiger partial charge is 0.325 e. The van der Waals surface area contributed by atoms with Crippen molar-refractivity contribution in [2.45, 2.75) is 6.61 Å². The molecule has 102 valence electrons. The monoisotopic (exact) mass is 300 g/mol. The summed E-state index contributed by atoms with van der Waals surface area (Å²) in [4.78, 5) is 20.2. The van der Waals surface area contributed by atoms with Gasteiger partial charge in [0.15, 0.2) is 5.13 Å². The zero-order valence-corrected chi connectivity index (χ0v) is 11.5. The summed E-state index contributed by atoms with van der Waals surface area (Å²) in [5.74, 6) is 4.94. The molecule has 0 aliphatic heterocycles. The molecule has 0 bridgehead atoms. The Kier molecular flexibility index (Phi) is 6.23. The van der Waals surface area contributed by atoms with E-state index in [0.717, 1.165) is 5.69 Å². The number of aromatic nitrogens is 1. The average Bonchev–Trinajstić information content (AvgIpc) is 2.78. The van der Waals surface area contributed by atoms with Crippen molar-refractivity contribution in [3.05, 3.63) is 41.4 Å². The summed E-state index contributed by atoms with van der Waals surface area (Å²) in [6.07, 6.45) is 0. The van der Waals surface area contributed by atoms with E-state index in [9.17, 15) is 4.79 Å². The molecule has 0 spiro atoms. The molecule has 19 heavy (non-hydrogen) atoms. The van der Waals surface area contributed by atoms with Crippen LogP contribution < -0.4 is 16.5 Å². The molecule has 4 N–H and O–H groups in total. The number of nitrogens with zero attached hydrogens (tertiary/aromatic N) is 1. The zero-order valence-electron chi connectivity index (χ0n) is 9.83. The second-order valence-corrected chi connectivity index (χ2v) is 4.26. The van der Waals surface area contributed by atoms with Crippen LogP contribution in [0.1, 0.15) is 5.69 Å². The zero-order chi connectivity index (χ0) is 12.8. The number of rotatable bonds is 4. The summed E-state index contributed by atoms with van der Waals surface area (Å²) in [5.41, 5.74) is 1.40. The van der Waals surface area contributed by atoms with Crippen LogP contribution in [0.2, 0.25) is 0 Å². The predicted octanol–water partition coefficient (Wildman–Crippen LogP) is 2.60. The maximum absolute atomic E-state index is 11.6. The van der Waals surface area contributed by atoms with Crippen LogP contribution >= 0.6 is 23.7 Å². The SMILES string of the molecule is Cl.NOCc1csc(NC(=O)Nc2ccccc2)n1. The van der Waals surface area contributed by atoms with E-state index < -0.39 is 0 Å². The number of nitrogens with one attached hydrogen (secondary N) is 2. The van der Waals surface area contributed by atoms with Crippen molar-refractivity contribution in [3.8, 4) is 0 Å². The molecule has 0 saturated heterocycles. The van der Waals surface area contributed by atoms with Crippen LogP contribution in [0.3, 0.4) is 0 Å². The smallest absolute Gasteiger partial charge is 0.308 e. The number of anilines is 2. The molecule has 6 nitrogen and oxygen atoms in total. The van der Waals surface area contributed by atoms with Gasteiger partial charge in [-0.15, -0.1) is 23.7 Å². The van der Waals surface area contributed by atoms with E-state index in [4.69, 9.17) is 5.90 Å². The fourth-order valence-electron chi connectivity index (χ4n) is 1.30. The third kappa shape index (κ3) is 4.84. The first-order chi connectivity index (χ1) is 8.78. The van der Waals surface area contributed by atoms with Gasteiger partial charge in [-0.1, -0.05) is 18.2 Å². The number of amides is 2. The summed E-state index contributed by atoms with van der Waals surface area (Å²) >= 11 is 1.31. The van der Waals surface area contributed by atoms with Crippen LogP contribution in [-0.2, 0) is 11.4 Å². The predicted molar refractivity (Wildman–Crippen MR) is 77.4 cm³/mol. The molecule has 0 atom stereocenters. The van der Waals surface area contributed by atoms with Gasteiger partial charge in [0.25, 0.3) is 0 Å². The number of halogens is 1. The molecule has 1 aromatic carbocycles. The molecule has 2 rings (SSSR count). The minimum atomic E-state index is -0.337. The Morgan fingerprint density at radius 2 is 2.05 bits per heavy atom. The van der Waals surface area contributed by atoms with Gasteiger partial charge in [0.2, 0.25) is 0 Å². The second-order valence-electron chi connectivity index (χ2n) is 3.40. The standard InChI is InChI=1S/C11H12N4O2S.ClH/c12-17-6-9-7-18-11(14-9)15-10(16)13-8-4-2-1-3-5-8;/h1-5,7H,6,12H2,(H2,13,14,15,16);1H. The van der Waals surface area contributed by atoms with Crippen molar-refractivity contribution in [2.75, 3.05) is 10.6 Å². The van der Waals surface area contributed by atoms with Crippen LogP contribution in [0.4, 0.5) is 15.6 Å². The van der Waals surface area contributed by atoms with Crippen molar-refractivity contribution in [3.63, 3.8) is 0 Å². The molecule has 0 unspecified atom stereocenters. The number of benzene rings is 1. The number of nitrogens with two attached hydrogens (primary N) is 1. The van der Waals surface area contributed by atoms with Gasteiger partial charge in [0.1, 0.15) is 6.61 Å². The first-order valence-electron chi connectivity index (χ1n) is 5.17. The molecule has 0 aliphatic rings. The molecule has 0 aliphatic carbocycles. The maximum atomic E-state index is 11.6. The molecular weight excluding hydrogens is 288 g/mol. The Balaban J connectivity index is 0.00000180. The van der Waals surface area contributed by atoms with Crippen LogP contribution in [0.15, 0.2) is 35.7 Å².